The van der Waals surface area contributed by atoms with Gasteiger partial charge in [0.05, 0.1) is 24.2 Å². The van der Waals surface area contributed by atoms with Crippen LogP contribution in [0.3, 0.4) is 0 Å². The number of nitrogens with zero attached hydrogens (tertiary/aromatic N) is 2. The molecule has 0 aliphatic rings. The number of pyridine rings is 2. The van der Waals surface area contributed by atoms with Gasteiger partial charge >= 0.3 is 0 Å². The number of aromatic nitrogens is 2. The summed E-state index contributed by atoms with van der Waals surface area (Å²) in [5, 5.41) is 15.1. The molecule has 24 heavy (non-hydrogen) atoms. The minimum absolute atomic E-state index is 0.118. The summed E-state index contributed by atoms with van der Waals surface area (Å²) in [6.07, 6.45) is 1.49. The Labute approximate surface area is 140 Å². The molecule has 8 nitrogen and oxygen atoms in total. The van der Waals surface area contributed by atoms with Crippen LogP contribution in [0.4, 0.5) is 17.2 Å². The van der Waals surface area contributed by atoms with Gasteiger partial charge in [0.2, 0.25) is 0 Å². The molecule has 2 rings (SSSR count). The lowest BCUT2D eigenvalue weighted by Crippen LogP contribution is -2.32. The van der Waals surface area contributed by atoms with E-state index in [1.165, 1.54) is 6.20 Å². The van der Waals surface area contributed by atoms with Gasteiger partial charge in [0.25, 0.3) is 5.91 Å². The van der Waals surface area contributed by atoms with Gasteiger partial charge in [-0.15, -0.1) is 0 Å². The van der Waals surface area contributed by atoms with E-state index in [1.54, 1.807) is 6.07 Å². The third kappa shape index (κ3) is 4.64. The fourth-order valence-electron chi connectivity index (χ4n) is 2.21. The van der Waals surface area contributed by atoms with Gasteiger partial charge in [-0.1, -0.05) is 0 Å². The monoisotopic (exact) mass is 330 g/mol. The summed E-state index contributed by atoms with van der Waals surface area (Å²) < 4.78 is 0. The standard InChI is InChI=1S/C16H22N6O2/c1-9-3-10(2)21-14(4-9)22-13-5-12(19-6-11(17)8-23)7-20-15(13)16(18)24/h3-5,7,11,19,23H,6,8,17H2,1-2H3,(H2,18,24)(H,21,22). The first-order valence-electron chi connectivity index (χ1n) is 7.51. The minimum Gasteiger partial charge on any atom is -0.395 e. The highest BCUT2D eigenvalue weighted by atomic mass is 16.3. The molecule has 128 valence electrons. The molecule has 8 heteroatoms. The van der Waals surface area contributed by atoms with E-state index in [-0.39, 0.29) is 12.3 Å². The summed E-state index contributed by atoms with van der Waals surface area (Å²) in [6.45, 7) is 4.09. The molecule has 0 aromatic carbocycles. The van der Waals surface area contributed by atoms with Crippen LogP contribution in [0, 0.1) is 13.8 Å². The molecule has 0 fully saturated rings. The lowest BCUT2D eigenvalue weighted by atomic mass is 10.2. The second kappa shape index (κ2) is 7.71. The molecule has 1 atom stereocenters. The smallest absolute Gasteiger partial charge is 0.269 e. The number of primary amides is 1. The van der Waals surface area contributed by atoms with Crippen LogP contribution in [0.2, 0.25) is 0 Å². The van der Waals surface area contributed by atoms with E-state index in [4.69, 9.17) is 16.6 Å². The van der Waals surface area contributed by atoms with Crippen molar-refractivity contribution < 1.29 is 9.90 Å². The van der Waals surface area contributed by atoms with Gasteiger partial charge < -0.3 is 27.2 Å². The van der Waals surface area contributed by atoms with Crippen LogP contribution in [0.5, 0.6) is 0 Å². The van der Waals surface area contributed by atoms with E-state index >= 15 is 0 Å². The number of amides is 1. The normalized spacial score (nSPS) is 11.8. The summed E-state index contributed by atoms with van der Waals surface area (Å²) in [7, 11) is 0. The fraction of sp³-hybridized carbons (Fsp3) is 0.312. The number of anilines is 3. The molecule has 2 aromatic rings. The molecule has 2 heterocycles. The first-order valence-corrected chi connectivity index (χ1v) is 7.51. The zero-order valence-electron chi connectivity index (χ0n) is 13.7. The van der Waals surface area contributed by atoms with Crippen molar-refractivity contribution in [2.24, 2.45) is 11.5 Å². The Hall–Kier alpha value is -2.71. The van der Waals surface area contributed by atoms with E-state index in [0.29, 0.717) is 23.7 Å². The Balaban J connectivity index is 2.29. The molecular weight excluding hydrogens is 308 g/mol. The van der Waals surface area contributed by atoms with E-state index in [1.807, 2.05) is 26.0 Å². The third-order valence-electron chi connectivity index (χ3n) is 3.28. The van der Waals surface area contributed by atoms with Crippen molar-refractivity contribution in [1.29, 1.82) is 0 Å². The first kappa shape index (κ1) is 17.6. The van der Waals surface area contributed by atoms with Gasteiger partial charge in [-0.05, 0) is 37.6 Å². The maximum atomic E-state index is 11.6. The van der Waals surface area contributed by atoms with Crippen molar-refractivity contribution in [2.75, 3.05) is 23.8 Å². The Morgan fingerprint density at radius 2 is 2.08 bits per heavy atom. The van der Waals surface area contributed by atoms with E-state index < -0.39 is 11.9 Å². The van der Waals surface area contributed by atoms with Crippen molar-refractivity contribution in [1.82, 2.24) is 9.97 Å². The summed E-state index contributed by atoms with van der Waals surface area (Å²) in [5.74, 6) is -0.0403. The number of hydrogen-bond acceptors (Lipinski definition) is 7. The van der Waals surface area contributed by atoms with Gasteiger partial charge in [0.1, 0.15) is 5.82 Å². The number of nitrogens with two attached hydrogens (primary N) is 2. The fourth-order valence-corrected chi connectivity index (χ4v) is 2.21. The van der Waals surface area contributed by atoms with Gasteiger partial charge in [-0.25, -0.2) is 9.97 Å². The molecule has 2 aromatic heterocycles. The Morgan fingerprint density at radius 1 is 1.33 bits per heavy atom. The van der Waals surface area contributed by atoms with Crippen molar-refractivity contribution >= 4 is 23.1 Å². The minimum atomic E-state index is -0.638. The molecule has 0 spiro atoms. The van der Waals surface area contributed by atoms with Crippen molar-refractivity contribution in [3.63, 3.8) is 0 Å². The Kier molecular flexibility index (Phi) is 5.67. The molecule has 0 aliphatic carbocycles. The van der Waals surface area contributed by atoms with Crippen LogP contribution in [0.25, 0.3) is 0 Å². The van der Waals surface area contributed by atoms with E-state index in [0.717, 1.165) is 11.3 Å². The lowest BCUT2D eigenvalue weighted by Gasteiger charge is -2.14. The summed E-state index contributed by atoms with van der Waals surface area (Å²) in [4.78, 5) is 20.1. The van der Waals surface area contributed by atoms with Crippen molar-refractivity contribution in [2.45, 2.75) is 19.9 Å². The molecule has 0 bridgehead atoms. The van der Waals surface area contributed by atoms with Crippen LogP contribution >= 0.6 is 0 Å². The topological polar surface area (TPSA) is 139 Å². The summed E-state index contributed by atoms with van der Waals surface area (Å²) in [6, 6.07) is 5.13. The molecule has 0 saturated heterocycles. The number of nitrogens with one attached hydrogen (secondary N) is 2. The highest BCUT2D eigenvalue weighted by molar-refractivity contribution is 5.97. The average Bonchev–Trinajstić information content (AvgIpc) is 2.51. The summed E-state index contributed by atoms with van der Waals surface area (Å²) >= 11 is 0. The van der Waals surface area contributed by atoms with Gasteiger partial charge in [-0.3, -0.25) is 4.79 Å². The molecule has 0 saturated carbocycles. The third-order valence-corrected chi connectivity index (χ3v) is 3.28. The van der Waals surface area contributed by atoms with Crippen molar-refractivity contribution in [3.8, 4) is 0 Å². The Morgan fingerprint density at radius 3 is 2.71 bits per heavy atom. The second-order valence-electron chi connectivity index (χ2n) is 5.60. The number of carbonyl (C=O) groups excluding carboxylic acids is 1. The largest absolute Gasteiger partial charge is 0.395 e. The number of hydrogen-bond donors (Lipinski definition) is 5. The molecule has 7 N–H and O–H groups in total. The zero-order chi connectivity index (χ0) is 17.7. The number of carbonyl (C=O) groups is 1. The second-order valence-corrected chi connectivity index (χ2v) is 5.60. The molecule has 0 radical (unpaired) electrons. The zero-order valence-corrected chi connectivity index (χ0v) is 13.7. The maximum Gasteiger partial charge on any atom is 0.269 e. The predicted molar refractivity (Wildman–Crippen MR) is 93.3 cm³/mol. The lowest BCUT2D eigenvalue weighted by molar-refractivity contribution is 0.0996. The number of aliphatic hydroxyl groups is 1. The molecular formula is C16H22N6O2. The molecule has 0 aliphatic heterocycles. The SMILES string of the molecule is Cc1cc(C)nc(Nc2cc(NCC(N)CO)cnc2C(N)=O)c1. The maximum absolute atomic E-state index is 11.6. The van der Waals surface area contributed by atoms with Gasteiger partial charge in [0, 0.05) is 18.3 Å². The van der Waals surface area contributed by atoms with E-state index in [2.05, 4.69) is 20.6 Å². The van der Waals surface area contributed by atoms with Gasteiger partial charge in [-0.2, -0.15) is 0 Å². The first-order chi connectivity index (χ1) is 11.4. The van der Waals surface area contributed by atoms with Crippen LogP contribution in [0.1, 0.15) is 21.7 Å². The van der Waals surface area contributed by atoms with Gasteiger partial charge in [0.15, 0.2) is 5.69 Å². The average molecular weight is 330 g/mol. The number of rotatable bonds is 7. The van der Waals surface area contributed by atoms with E-state index in [9.17, 15) is 4.79 Å². The quantitative estimate of drug-likeness (QED) is 0.502. The van der Waals surface area contributed by atoms with Crippen LogP contribution in [-0.2, 0) is 0 Å². The highest BCUT2D eigenvalue weighted by Crippen LogP contribution is 2.22. The molecule has 1 amide bonds. The predicted octanol–water partition coefficient (Wildman–Crippen LogP) is 0.667. The number of aliphatic hydroxyl groups excluding tert-OH is 1. The Bertz CT molecular complexity index is 714. The number of aryl methyl sites for hydroxylation is 2. The van der Waals surface area contributed by atoms with Crippen LogP contribution in [0.15, 0.2) is 24.4 Å². The van der Waals surface area contributed by atoms with Crippen LogP contribution in [-0.4, -0.2) is 40.2 Å². The van der Waals surface area contributed by atoms with Crippen molar-refractivity contribution in [3.05, 3.63) is 41.3 Å². The molecule has 1 unspecified atom stereocenters. The highest BCUT2D eigenvalue weighted by Gasteiger charge is 2.12. The summed E-state index contributed by atoms with van der Waals surface area (Å²) in [5.41, 5.74) is 14.2. The van der Waals surface area contributed by atoms with Crippen LogP contribution < -0.4 is 22.1 Å².